The van der Waals surface area contributed by atoms with E-state index in [4.69, 9.17) is 43.2 Å². The van der Waals surface area contributed by atoms with E-state index in [-0.39, 0.29) is 0 Å². The second kappa shape index (κ2) is 33.3. The fourth-order valence-electron chi connectivity index (χ4n) is 17.9. The van der Waals surface area contributed by atoms with Gasteiger partial charge in [-0.3, -0.25) is 0 Å². The molecule has 0 N–H and O–H groups in total. The lowest BCUT2D eigenvalue weighted by Crippen LogP contribution is -1.96. The van der Waals surface area contributed by atoms with Gasteiger partial charge >= 0.3 is 0 Å². The molecule has 0 fully saturated rings. The zero-order valence-corrected chi connectivity index (χ0v) is 69.8. The van der Waals surface area contributed by atoms with E-state index in [0.717, 1.165) is 171 Å². The normalized spacial score (nSPS) is 11.4. The van der Waals surface area contributed by atoms with Crippen LogP contribution in [0.25, 0.3) is 244 Å². The molecule has 0 atom stereocenters. The summed E-state index contributed by atoms with van der Waals surface area (Å²) in [6.45, 7) is 0. The highest BCUT2D eigenvalue weighted by atomic mass is 16.3. The van der Waals surface area contributed by atoms with Gasteiger partial charge < -0.3 is 13.3 Å². The summed E-state index contributed by atoms with van der Waals surface area (Å²) in [7, 11) is 0. The van der Waals surface area contributed by atoms with Gasteiger partial charge in [0, 0.05) is 65.7 Å². The molecule has 604 valence electrons. The van der Waals surface area contributed by atoms with Gasteiger partial charge in [-0.2, -0.15) is 0 Å². The van der Waals surface area contributed by atoms with Crippen molar-refractivity contribution < 1.29 is 13.3 Å². The average Bonchev–Trinajstić information content (AvgIpc) is 1.63. The number of aromatic nitrogens is 6. The smallest absolute Gasteiger partial charge is 0.160 e. The largest absolute Gasteiger partial charge is 0.456 e. The molecule has 0 saturated carbocycles. The minimum Gasteiger partial charge on any atom is -0.456 e. The Balaban J connectivity index is 0.000000113. The van der Waals surface area contributed by atoms with Crippen molar-refractivity contribution in [3.63, 3.8) is 0 Å². The van der Waals surface area contributed by atoms with Gasteiger partial charge in [-0.25, -0.2) is 29.9 Å². The van der Waals surface area contributed by atoms with Crippen LogP contribution in [0.3, 0.4) is 0 Å². The Morgan fingerprint density at radius 2 is 0.333 bits per heavy atom. The summed E-state index contributed by atoms with van der Waals surface area (Å²) >= 11 is 0. The molecule has 0 amide bonds. The SMILES string of the molecule is c1ccc(-c2cc(-c3ccccc3)cc(-c3cccc(-c4cccc(-c5nc(-c6ccccc6)c6ccc7oc8ccccc8c7c6n5)c4)c3)c2)cc1.c1ccc(-c2ccc(-c3nc(-c4ccccc4)nc4c3ccc3oc5ccccc5c34)cc2)cc1.c1ccc(-c2cccc(-c3ccc(-c4nc(-c5ccccc5)c5ccc6oc7ccccc7c6c5n4)cc3)c2)cc1. The topological polar surface area (TPSA) is 117 Å². The van der Waals surface area contributed by atoms with E-state index in [2.05, 4.69) is 334 Å². The van der Waals surface area contributed by atoms with Gasteiger partial charge in [0.05, 0.1) is 49.8 Å². The van der Waals surface area contributed by atoms with Crippen LogP contribution in [0.15, 0.2) is 474 Å². The predicted molar refractivity (Wildman–Crippen MR) is 531 cm³/mol. The number of nitrogens with zero attached hydrogens (tertiary/aromatic N) is 6. The summed E-state index contributed by atoms with van der Waals surface area (Å²) in [4.78, 5) is 31.0. The van der Waals surface area contributed by atoms with Crippen molar-refractivity contribution in [3.8, 4) is 146 Å². The Morgan fingerprint density at radius 1 is 0.124 bits per heavy atom. The van der Waals surface area contributed by atoms with Crippen LogP contribution in [0, 0.1) is 0 Å². The summed E-state index contributed by atoms with van der Waals surface area (Å²) in [5, 5.41) is 9.25. The van der Waals surface area contributed by atoms with Crippen molar-refractivity contribution in [2.75, 3.05) is 0 Å². The van der Waals surface area contributed by atoms with E-state index >= 15 is 0 Å². The second-order valence-corrected chi connectivity index (χ2v) is 32.2. The van der Waals surface area contributed by atoms with Crippen LogP contribution < -0.4 is 0 Å². The van der Waals surface area contributed by atoms with Gasteiger partial charge in [0.1, 0.15) is 33.5 Å². The van der Waals surface area contributed by atoms with Gasteiger partial charge in [0.2, 0.25) is 0 Å². The highest BCUT2D eigenvalue weighted by molar-refractivity contribution is 6.22. The third-order valence-corrected chi connectivity index (χ3v) is 24.3. The molecular formula is C120H76N6O3. The molecule has 0 radical (unpaired) electrons. The number of hydrogen-bond acceptors (Lipinski definition) is 9. The van der Waals surface area contributed by atoms with E-state index in [0.29, 0.717) is 17.5 Å². The Bertz CT molecular complexity index is 8440. The van der Waals surface area contributed by atoms with E-state index < -0.39 is 0 Å². The van der Waals surface area contributed by atoms with E-state index in [9.17, 15) is 0 Å². The lowest BCUT2D eigenvalue weighted by Gasteiger charge is -2.13. The maximum absolute atomic E-state index is 6.28. The minimum absolute atomic E-state index is 0.676. The third-order valence-electron chi connectivity index (χ3n) is 24.3. The molecule has 25 rings (SSSR count). The lowest BCUT2D eigenvalue weighted by molar-refractivity contribution is 0.669. The molecule has 9 heteroatoms. The highest BCUT2D eigenvalue weighted by Gasteiger charge is 2.23. The maximum atomic E-state index is 6.28. The van der Waals surface area contributed by atoms with E-state index in [1.807, 2.05) is 127 Å². The molecule has 0 saturated heterocycles. The van der Waals surface area contributed by atoms with Crippen LogP contribution in [0.4, 0.5) is 0 Å². The van der Waals surface area contributed by atoms with Gasteiger partial charge in [-0.05, 0) is 169 Å². The van der Waals surface area contributed by atoms with Crippen LogP contribution in [0.1, 0.15) is 0 Å². The summed E-state index contributed by atoms with van der Waals surface area (Å²) in [5.74, 6) is 2.08. The molecule has 0 aliphatic rings. The number of rotatable bonds is 13. The standard InChI is InChI=1S/C50H32N2O.C38H24N2O.C32H20N2O/c1-4-14-33(15-5-1)40-30-41(34-16-6-2-7-17-34)32-42(31-40)38-22-12-20-36(28-38)37-21-13-23-39(29-37)50-51-48(35-18-8-3-9-19-35)44-26-27-46-47(49(44)52-50)43-24-10-11-25-45(43)53-46;1-3-10-25(11-4-1)29-14-9-15-30(24-29)26-18-20-28(21-19-26)38-39-36(27-12-5-2-6-13-27)32-22-23-34-35(37(32)40-38)31-16-7-8-17-33(31)41-34;1-3-9-21(10-4-1)22-15-17-23(18-16-22)30-26-19-20-28-29(25-13-7-8-14-27(25)35-28)31(26)34-32(33-30)24-11-5-2-6-12-24/h1-32H;1-24H;1-20H. The Morgan fingerprint density at radius 3 is 0.698 bits per heavy atom. The maximum Gasteiger partial charge on any atom is 0.160 e. The van der Waals surface area contributed by atoms with Crippen LogP contribution in [-0.2, 0) is 0 Å². The molecule has 0 aliphatic heterocycles. The first kappa shape index (κ1) is 76.5. The molecule has 0 unspecified atom stereocenters. The molecule has 25 aromatic rings. The highest BCUT2D eigenvalue weighted by Crippen LogP contribution is 2.45. The first-order chi connectivity index (χ1) is 63.9. The third kappa shape index (κ3) is 14.8. The molecule has 0 spiro atoms. The number of furan rings is 3. The summed E-state index contributed by atoms with van der Waals surface area (Å²) in [5.41, 5.74) is 33.0. The molecule has 6 aromatic heterocycles. The van der Waals surface area contributed by atoms with Crippen LogP contribution in [0.2, 0.25) is 0 Å². The number of benzene rings is 19. The molecule has 19 aromatic carbocycles. The second-order valence-electron chi connectivity index (χ2n) is 32.2. The monoisotopic (exact) mass is 1650 g/mol. The lowest BCUT2D eigenvalue weighted by atomic mass is 9.92. The number of hydrogen-bond donors (Lipinski definition) is 0. The van der Waals surface area contributed by atoms with Gasteiger partial charge in [0.25, 0.3) is 0 Å². The summed E-state index contributed by atoms with van der Waals surface area (Å²) in [6.07, 6.45) is 0. The van der Waals surface area contributed by atoms with E-state index in [1.165, 1.54) is 55.6 Å². The minimum atomic E-state index is 0.676. The van der Waals surface area contributed by atoms with Crippen molar-refractivity contribution in [1.82, 2.24) is 29.9 Å². The predicted octanol–water partition coefficient (Wildman–Crippen LogP) is 32.3. The van der Waals surface area contributed by atoms with Crippen molar-refractivity contribution in [2.24, 2.45) is 0 Å². The van der Waals surface area contributed by atoms with E-state index in [1.54, 1.807) is 0 Å². The quantitative estimate of drug-likeness (QED) is 0.111. The fourth-order valence-corrected chi connectivity index (χ4v) is 17.9. The molecular weight excluding hydrogens is 1570 g/mol. The molecule has 0 bridgehead atoms. The Hall–Kier alpha value is -17.4. The zero-order valence-electron chi connectivity index (χ0n) is 69.8. The summed E-state index contributed by atoms with van der Waals surface area (Å²) in [6, 6.07) is 160. The Labute approximate surface area is 743 Å². The van der Waals surface area contributed by atoms with Crippen LogP contribution in [-0.4, -0.2) is 29.9 Å². The van der Waals surface area contributed by atoms with Gasteiger partial charge in [-0.15, -0.1) is 0 Å². The van der Waals surface area contributed by atoms with Crippen molar-refractivity contribution in [1.29, 1.82) is 0 Å². The average molecular weight is 1650 g/mol. The molecule has 6 heterocycles. The zero-order chi connectivity index (χ0) is 85.5. The Kier molecular flexibility index (Phi) is 19.8. The van der Waals surface area contributed by atoms with Gasteiger partial charge in [-0.1, -0.05) is 370 Å². The first-order valence-corrected chi connectivity index (χ1v) is 43.3. The van der Waals surface area contributed by atoms with Crippen molar-refractivity contribution in [3.05, 3.63) is 461 Å². The number of para-hydroxylation sites is 3. The van der Waals surface area contributed by atoms with Gasteiger partial charge in [0.15, 0.2) is 17.5 Å². The van der Waals surface area contributed by atoms with Crippen molar-refractivity contribution in [2.45, 2.75) is 0 Å². The van der Waals surface area contributed by atoms with Crippen LogP contribution >= 0.6 is 0 Å². The fraction of sp³-hybridized carbons (Fsp3) is 0. The molecule has 0 aliphatic carbocycles. The molecule has 9 nitrogen and oxygen atoms in total. The molecule has 129 heavy (non-hydrogen) atoms. The van der Waals surface area contributed by atoms with Crippen LogP contribution in [0.5, 0.6) is 0 Å². The number of fused-ring (bicyclic) bond motifs is 15. The van der Waals surface area contributed by atoms with Crippen molar-refractivity contribution >= 4 is 98.5 Å². The summed E-state index contributed by atoms with van der Waals surface area (Å²) < 4.78 is 18.6. The first-order valence-electron chi connectivity index (χ1n) is 43.3.